The lowest BCUT2D eigenvalue weighted by molar-refractivity contribution is -0.137. The summed E-state index contributed by atoms with van der Waals surface area (Å²) < 4.78 is 0. The first-order valence-electron chi connectivity index (χ1n) is 13.4. The molecule has 5 rings (SSSR count). The molecule has 0 fully saturated rings. The molecule has 0 aliphatic carbocycles. The minimum Gasteiger partial charge on any atom is -0.481 e. The zero-order valence-electron chi connectivity index (χ0n) is 23.1. The summed E-state index contributed by atoms with van der Waals surface area (Å²) in [6.45, 7) is 16.8. The number of aromatic nitrogens is 4. The Balaban J connectivity index is 1.93. The summed E-state index contributed by atoms with van der Waals surface area (Å²) in [4.78, 5) is 28.9. The SMILES string of the molecule is C=Cc1c(C)c2cc3nc(c(C)c4nc(cc5[nH]c(cc1[nH]2)c(C)c5CC)C(C)=C4)[C@@H](CCC(=O)O)[C@@H]3C. The van der Waals surface area contributed by atoms with Gasteiger partial charge in [0.2, 0.25) is 0 Å². The Labute approximate surface area is 223 Å². The van der Waals surface area contributed by atoms with E-state index in [9.17, 15) is 9.90 Å². The molecule has 38 heavy (non-hydrogen) atoms. The van der Waals surface area contributed by atoms with Crippen molar-refractivity contribution < 1.29 is 9.90 Å². The maximum Gasteiger partial charge on any atom is 0.303 e. The summed E-state index contributed by atoms with van der Waals surface area (Å²) in [6, 6.07) is 6.44. The van der Waals surface area contributed by atoms with Gasteiger partial charge in [0.15, 0.2) is 0 Å². The van der Waals surface area contributed by atoms with E-state index in [4.69, 9.17) is 9.97 Å². The van der Waals surface area contributed by atoms with Gasteiger partial charge < -0.3 is 15.1 Å². The van der Waals surface area contributed by atoms with Gasteiger partial charge in [-0.2, -0.15) is 0 Å². The second-order valence-corrected chi connectivity index (χ2v) is 10.6. The van der Waals surface area contributed by atoms with Crippen molar-refractivity contribution in [3.8, 4) is 0 Å². The molecule has 0 amide bonds. The minimum absolute atomic E-state index is 0.0116. The highest BCUT2D eigenvalue weighted by molar-refractivity contribution is 5.86. The van der Waals surface area contributed by atoms with Crippen LogP contribution < -0.4 is 0 Å². The van der Waals surface area contributed by atoms with E-state index < -0.39 is 5.97 Å². The number of nitrogens with one attached hydrogen (secondary N) is 2. The van der Waals surface area contributed by atoms with E-state index >= 15 is 0 Å². The number of carbonyl (C=O) groups is 1. The first-order chi connectivity index (χ1) is 18.1. The number of aryl methyl sites for hydroxylation is 3. The van der Waals surface area contributed by atoms with Gasteiger partial charge in [-0.3, -0.25) is 9.78 Å². The zero-order valence-corrected chi connectivity index (χ0v) is 23.1. The quantitative estimate of drug-likeness (QED) is 0.328. The third-order valence-electron chi connectivity index (χ3n) is 8.34. The van der Waals surface area contributed by atoms with E-state index in [1.807, 2.05) is 6.08 Å². The van der Waals surface area contributed by atoms with Gasteiger partial charge in [-0.1, -0.05) is 26.5 Å². The lowest BCUT2D eigenvalue weighted by Gasteiger charge is -2.16. The largest absolute Gasteiger partial charge is 0.481 e. The number of nitrogens with zero attached hydrogens (tertiary/aromatic N) is 2. The predicted molar refractivity (Wildman–Crippen MR) is 156 cm³/mol. The molecule has 5 heterocycles. The second-order valence-electron chi connectivity index (χ2n) is 10.6. The summed E-state index contributed by atoms with van der Waals surface area (Å²) >= 11 is 0. The number of aromatic amines is 2. The molecule has 0 unspecified atom stereocenters. The lowest BCUT2D eigenvalue weighted by atomic mass is 9.86. The third-order valence-corrected chi connectivity index (χ3v) is 8.34. The Kier molecular flexibility index (Phi) is 6.59. The van der Waals surface area contributed by atoms with Crippen molar-refractivity contribution in [3.63, 3.8) is 0 Å². The normalized spacial score (nSPS) is 16.9. The standard InChI is InChI=1S/C32H36N4O2/c1-8-21-18(5)27-15-30-22(9-2)17(4)26(34-30)14-28-19(6)23(10-11-31(37)38)32(36-28)20(7)25-12-16(3)24(33-25)13-29(21)35-27/h9,12-15,19,23,34-35H,2,8,10-11H2,1,3-7H3,(H,37,38)/t19-,23-/m0/s1. The van der Waals surface area contributed by atoms with E-state index in [0.717, 1.165) is 73.5 Å². The van der Waals surface area contributed by atoms with Crippen molar-refractivity contribution in [1.82, 2.24) is 19.9 Å². The highest BCUT2D eigenvalue weighted by Gasteiger charge is 2.31. The van der Waals surface area contributed by atoms with Crippen LogP contribution in [-0.4, -0.2) is 31.0 Å². The number of rotatable bonds is 5. The maximum absolute atomic E-state index is 11.5. The first-order valence-corrected chi connectivity index (χ1v) is 13.4. The summed E-state index contributed by atoms with van der Waals surface area (Å²) in [7, 11) is 0. The van der Waals surface area contributed by atoms with E-state index in [1.54, 1.807) is 0 Å². The van der Waals surface area contributed by atoms with Crippen LogP contribution in [0.2, 0.25) is 0 Å². The molecule has 0 saturated heterocycles. The Morgan fingerprint density at radius 3 is 2.39 bits per heavy atom. The first kappa shape index (κ1) is 25.7. The van der Waals surface area contributed by atoms with Crippen molar-refractivity contribution >= 4 is 45.8 Å². The van der Waals surface area contributed by atoms with Crippen LogP contribution in [0.5, 0.6) is 0 Å². The Bertz CT molecular complexity index is 1670. The number of carboxylic acids is 1. The average Bonchev–Trinajstić information content (AvgIpc) is 3.57. The average molecular weight is 509 g/mol. The molecule has 3 aromatic rings. The molecule has 6 nitrogen and oxygen atoms in total. The second kappa shape index (κ2) is 9.75. The fourth-order valence-electron chi connectivity index (χ4n) is 5.96. The fraction of sp³-hybridized carbons (Fsp3) is 0.344. The number of allylic oxidation sites excluding steroid dienone is 1. The summed E-state index contributed by atoms with van der Waals surface area (Å²) in [5.41, 5.74) is 14.7. The molecule has 0 saturated carbocycles. The summed E-state index contributed by atoms with van der Waals surface area (Å²) in [5, 5.41) is 9.43. The maximum atomic E-state index is 11.5. The monoisotopic (exact) mass is 508 g/mol. The van der Waals surface area contributed by atoms with Gasteiger partial charge in [0.1, 0.15) is 0 Å². The highest BCUT2D eigenvalue weighted by atomic mass is 16.4. The van der Waals surface area contributed by atoms with Gasteiger partial charge in [0, 0.05) is 57.3 Å². The van der Waals surface area contributed by atoms with Gasteiger partial charge in [-0.25, -0.2) is 4.98 Å². The third kappa shape index (κ3) is 4.28. The Morgan fingerprint density at radius 1 is 1.00 bits per heavy atom. The van der Waals surface area contributed by atoms with Crippen LogP contribution in [0.15, 0.2) is 24.8 Å². The highest BCUT2D eigenvalue weighted by Crippen LogP contribution is 2.42. The molecule has 0 radical (unpaired) electrons. The zero-order chi connectivity index (χ0) is 27.3. The van der Waals surface area contributed by atoms with Crippen LogP contribution in [0.3, 0.4) is 0 Å². The summed E-state index contributed by atoms with van der Waals surface area (Å²) in [5.74, 6) is -0.691. The minimum atomic E-state index is -0.785. The molecule has 3 aromatic heterocycles. The molecule has 0 spiro atoms. The van der Waals surface area contributed by atoms with Gasteiger partial charge in [0.05, 0.1) is 11.4 Å². The molecular weight excluding hydrogens is 472 g/mol. The van der Waals surface area contributed by atoms with Crippen LogP contribution in [0.4, 0.5) is 0 Å². The number of carboxylic acid groups (broad SMARTS) is 1. The number of fused-ring (bicyclic) bond motifs is 8. The number of aliphatic carboxylic acids is 1. The van der Waals surface area contributed by atoms with Crippen LogP contribution in [-0.2, 0) is 11.2 Å². The van der Waals surface area contributed by atoms with Gasteiger partial charge in [-0.15, -0.1) is 0 Å². The smallest absolute Gasteiger partial charge is 0.303 e. The Hall–Kier alpha value is -3.93. The van der Waals surface area contributed by atoms with Crippen LogP contribution in [0.25, 0.3) is 39.8 Å². The molecule has 196 valence electrons. The molecule has 3 N–H and O–H groups in total. The van der Waals surface area contributed by atoms with Gasteiger partial charge in [-0.05, 0) is 92.6 Å². The molecule has 8 bridgehead atoms. The van der Waals surface area contributed by atoms with Crippen molar-refractivity contribution in [2.24, 2.45) is 0 Å². The van der Waals surface area contributed by atoms with E-state index in [2.05, 4.69) is 82.4 Å². The van der Waals surface area contributed by atoms with Crippen LogP contribution >= 0.6 is 0 Å². The van der Waals surface area contributed by atoms with Crippen molar-refractivity contribution in [3.05, 3.63) is 75.4 Å². The van der Waals surface area contributed by atoms with Crippen LogP contribution in [0.1, 0.15) is 96.0 Å². The molecule has 2 atom stereocenters. The molecular formula is C32H36N4O2. The lowest BCUT2D eigenvalue weighted by Crippen LogP contribution is -2.07. The van der Waals surface area contributed by atoms with Crippen molar-refractivity contribution in [2.45, 2.75) is 72.6 Å². The topological polar surface area (TPSA) is 94.7 Å². The van der Waals surface area contributed by atoms with E-state index in [0.29, 0.717) is 6.42 Å². The van der Waals surface area contributed by atoms with E-state index in [-0.39, 0.29) is 18.3 Å². The van der Waals surface area contributed by atoms with E-state index in [1.165, 1.54) is 11.1 Å². The number of H-pyrrole nitrogens is 2. The molecule has 2 aliphatic heterocycles. The summed E-state index contributed by atoms with van der Waals surface area (Å²) in [6.07, 6.45) is 5.58. The molecule has 2 aliphatic rings. The van der Waals surface area contributed by atoms with Gasteiger partial charge >= 0.3 is 5.97 Å². The predicted octanol–water partition coefficient (Wildman–Crippen LogP) is 7.76. The fourth-order valence-corrected chi connectivity index (χ4v) is 5.96. The molecule has 6 heteroatoms. The Morgan fingerprint density at radius 2 is 1.71 bits per heavy atom. The van der Waals surface area contributed by atoms with Crippen LogP contribution in [0, 0.1) is 20.8 Å². The van der Waals surface area contributed by atoms with Gasteiger partial charge in [0.25, 0.3) is 0 Å². The molecule has 0 aromatic carbocycles. The van der Waals surface area contributed by atoms with Crippen molar-refractivity contribution in [2.75, 3.05) is 0 Å². The number of hydrogen-bond acceptors (Lipinski definition) is 3. The van der Waals surface area contributed by atoms with Crippen molar-refractivity contribution in [1.29, 1.82) is 0 Å². The number of hydrogen-bond donors (Lipinski definition) is 3.